The molecule has 1 N–H and O–H groups in total. The molecule has 0 bridgehead atoms. The number of carboxylic acids is 1. The molecule has 21 heavy (non-hydrogen) atoms. The summed E-state index contributed by atoms with van der Waals surface area (Å²) in [7, 11) is 1.60. The lowest BCUT2D eigenvalue weighted by Crippen LogP contribution is -2.33. The smallest absolute Gasteiger partial charge is 0.305 e. The van der Waals surface area contributed by atoms with Crippen molar-refractivity contribution >= 4 is 11.9 Å². The van der Waals surface area contributed by atoms with Crippen molar-refractivity contribution in [3.8, 4) is 5.75 Å². The van der Waals surface area contributed by atoms with E-state index >= 15 is 0 Å². The summed E-state index contributed by atoms with van der Waals surface area (Å²) in [6, 6.07) is 7.43. The third-order valence-electron chi connectivity index (χ3n) is 3.06. The number of amides is 1. The lowest BCUT2D eigenvalue weighted by atomic mass is 10.1. The maximum Gasteiger partial charge on any atom is 0.305 e. The van der Waals surface area contributed by atoms with E-state index in [2.05, 4.69) is 0 Å². The van der Waals surface area contributed by atoms with Crippen molar-refractivity contribution in [3.63, 3.8) is 0 Å². The van der Waals surface area contributed by atoms with Gasteiger partial charge in [0.15, 0.2) is 0 Å². The van der Waals surface area contributed by atoms with Gasteiger partial charge in [0.2, 0.25) is 5.91 Å². The second kappa shape index (κ2) is 8.29. The monoisotopic (exact) mass is 293 g/mol. The Hall–Kier alpha value is -2.04. The Bertz CT molecular complexity index is 468. The van der Waals surface area contributed by atoms with Gasteiger partial charge >= 0.3 is 5.97 Å². The first-order valence-corrected chi connectivity index (χ1v) is 7.05. The normalized spacial score (nSPS) is 10.5. The summed E-state index contributed by atoms with van der Waals surface area (Å²) in [5, 5.41) is 8.81. The van der Waals surface area contributed by atoms with Crippen LogP contribution in [0.15, 0.2) is 24.3 Å². The van der Waals surface area contributed by atoms with E-state index in [1.165, 1.54) is 0 Å². The van der Waals surface area contributed by atoms with E-state index in [1.54, 1.807) is 12.0 Å². The number of hydrogen-bond donors (Lipinski definition) is 1. The molecule has 1 rings (SSSR count). The Morgan fingerprint density at radius 2 is 1.86 bits per heavy atom. The lowest BCUT2D eigenvalue weighted by Gasteiger charge is -2.23. The number of nitrogens with zero attached hydrogens (tertiary/aromatic N) is 1. The first kappa shape index (κ1) is 17.0. The molecule has 0 aliphatic rings. The lowest BCUT2D eigenvalue weighted by molar-refractivity contribution is -0.138. The standard InChI is InChI=1S/C16H23NO4/c1-12(2)10-15(18)17(9-8-16(19)20)11-13-4-6-14(21-3)7-5-13/h4-7,12H,8-11H2,1-3H3,(H,19,20). The summed E-state index contributed by atoms with van der Waals surface area (Å²) in [4.78, 5) is 24.5. The van der Waals surface area contributed by atoms with Crippen molar-refractivity contribution < 1.29 is 19.4 Å². The number of carbonyl (C=O) groups excluding carboxylic acids is 1. The van der Waals surface area contributed by atoms with Crippen LogP contribution in [0.2, 0.25) is 0 Å². The molecule has 0 atom stereocenters. The quantitative estimate of drug-likeness (QED) is 0.800. The van der Waals surface area contributed by atoms with Crippen LogP contribution in [0, 0.1) is 5.92 Å². The van der Waals surface area contributed by atoms with Crippen molar-refractivity contribution in [2.75, 3.05) is 13.7 Å². The highest BCUT2D eigenvalue weighted by Gasteiger charge is 2.16. The molecule has 1 aromatic carbocycles. The van der Waals surface area contributed by atoms with Crippen LogP contribution < -0.4 is 4.74 Å². The Labute approximate surface area is 125 Å². The third kappa shape index (κ3) is 6.29. The molecule has 0 fully saturated rings. The zero-order valence-corrected chi connectivity index (χ0v) is 12.8. The molecule has 0 saturated carbocycles. The second-order valence-electron chi connectivity index (χ2n) is 5.41. The van der Waals surface area contributed by atoms with Crippen LogP contribution in [0.1, 0.15) is 32.3 Å². The molecule has 0 aliphatic carbocycles. The molecule has 116 valence electrons. The van der Waals surface area contributed by atoms with Crippen LogP contribution >= 0.6 is 0 Å². The topological polar surface area (TPSA) is 66.8 Å². The van der Waals surface area contributed by atoms with E-state index < -0.39 is 5.97 Å². The minimum absolute atomic E-state index is 0.0120. The maximum absolute atomic E-state index is 12.2. The van der Waals surface area contributed by atoms with Gasteiger partial charge in [-0.15, -0.1) is 0 Å². The average molecular weight is 293 g/mol. The van der Waals surface area contributed by atoms with Gasteiger partial charge in [-0.3, -0.25) is 9.59 Å². The number of rotatable bonds is 8. The fourth-order valence-corrected chi connectivity index (χ4v) is 1.95. The zero-order chi connectivity index (χ0) is 15.8. The number of carboxylic acid groups (broad SMARTS) is 1. The van der Waals surface area contributed by atoms with Crippen LogP contribution in [0.25, 0.3) is 0 Å². The second-order valence-corrected chi connectivity index (χ2v) is 5.41. The van der Waals surface area contributed by atoms with Gasteiger partial charge in [0.1, 0.15) is 5.75 Å². The Kier molecular flexibility index (Phi) is 6.72. The third-order valence-corrected chi connectivity index (χ3v) is 3.06. The Morgan fingerprint density at radius 3 is 2.33 bits per heavy atom. The summed E-state index contributed by atoms with van der Waals surface area (Å²) in [5.74, 6) is 0.0965. The first-order valence-electron chi connectivity index (χ1n) is 7.05. The first-order chi connectivity index (χ1) is 9.92. The average Bonchev–Trinajstić information content (AvgIpc) is 2.43. The predicted octanol–water partition coefficient (Wildman–Crippen LogP) is 2.54. The highest BCUT2D eigenvalue weighted by atomic mass is 16.5. The molecule has 5 heteroatoms. The van der Waals surface area contributed by atoms with E-state index in [9.17, 15) is 9.59 Å². The van der Waals surface area contributed by atoms with Gasteiger partial charge in [0, 0.05) is 19.5 Å². The fraction of sp³-hybridized carbons (Fsp3) is 0.500. The maximum atomic E-state index is 12.2. The number of methoxy groups -OCH3 is 1. The molecular weight excluding hydrogens is 270 g/mol. The molecule has 0 heterocycles. The van der Waals surface area contributed by atoms with Crippen molar-refractivity contribution in [2.24, 2.45) is 5.92 Å². The minimum Gasteiger partial charge on any atom is -0.497 e. The molecular formula is C16H23NO4. The van der Waals surface area contributed by atoms with E-state index in [0.29, 0.717) is 13.0 Å². The highest BCUT2D eigenvalue weighted by molar-refractivity contribution is 5.77. The van der Waals surface area contributed by atoms with E-state index in [4.69, 9.17) is 9.84 Å². The van der Waals surface area contributed by atoms with Gasteiger partial charge in [-0.2, -0.15) is 0 Å². The zero-order valence-electron chi connectivity index (χ0n) is 12.8. The summed E-state index contributed by atoms with van der Waals surface area (Å²) < 4.78 is 5.09. The van der Waals surface area contributed by atoms with Crippen molar-refractivity contribution in [2.45, 2.75) is 33.2 Å². The number of ether oxygens (including phenoxy) is 1. The molecule has 0 unspecified atom stereocenters. The fourth-order valence-electron chi connectivity index (χ4n) is 1.95. The Balaban J connectivity index is 2.74. The minimum atomic E-state index is -0.896. The predicted molar refractivity (Wildman–Crippen MR) is 80.1 cm³/mol. The molecule has 0 saturated heterocycles. The van der Waals surface area contributed by atoms with E-state index in [0.717, 1.165) is 11.3 Å². The Morgan fingerprint density at radius 1 is 1.24 bits per heavy atom. The van der Waals surface area contributed by atoms with Gasteiger partial charge in [-0.05, 0) is 23.6 Å². The largest absolute Gasteiger partial charge is 0.497 e. The van der Waals surface area contributed by atoms with Crippen LogP contribution in [-0.4, -0.2) is 35.5 Å². The number of aliphatic carboxylic acids is 1. The summed E-state index contributed by atoms with van der Waals surface area (Å²) >= 11 is 0. The van der Waals surface area contributed by atoms with Gasteiger partial charge in [-0.25, -0.2) is 0 Å². The van der Waals surface area contributed by atoms with Crippen molar-refractivity contribution in [3.05, 3.63) is 29.8 Å². The van der Waals surface area contributed by atoms with Gasteiger partial charge in [0.25, 0.3) is 0 Å². The van der Waals surface area contributed by atoms with Gasteiger partial charge in [-0.1, -0.05) is 26.0 Å². The number of hydrogen-bond acceptors (Lipinski definition) is 3. The highest BCUT2D eigenvalue weighted by Crippen LogP contribution is 2.14. The summed E-state index contributed by atoms with van der Waals surface area (Å²) in [5.41, 5.74) is 0.957. The summed E-state index contributed by atoms with van der Waals surface area (Å²) in [6.07, 6.45) is 0.385. The van der Waals surface area contributed by atoms with Crippen LogP contribution in [0.4, 0.5) is 0 Å². The SMILES string of the molecule is COc1ccc(CN(CCC(=O)O)C(=O)CC(C)C)cc1. The summed E-state index contributed by atoms with van der Waals surface area (Å²) in [6.45, 7) is 4.59. The van der Waals surface area contributed by atoms with Crippen LogP contribution in [0.5, 0.6) is 5.75 Å². The van der Waals surface area contributed by atoms with Crippen molar-refractivity contribution in [1.82, 2.24) is 4.90 Å². The molecule has 0 radical (unpaired) electrons. The van der Waals surface area contributed by atoms with Gasteiger partial charge < -0.3 is 14.7 Å². The molecule has 0 aromatic heterocycles. The number of carbonyl (C=O) groups is 2. The molecule has 0 aliphatic heterocycles. The van der Waals surface area contributed by atoms with Crippen LogP contribution in [0.3, 0.4) is 0 Å². The number of benzene rings is 1. The van der Waals surface area contributed by atoms with E-state index in [-0.39, 0.29) is 24.8 Å². The molecule has 1 amide bonds. The van der Waals surface area contributed by atoms with Gasteiger partial charge in [0.05, 0.1) is 13.5 Å². The molecule has 0 spiro atoms. The molecule has 1 aromatic rings. The van der Waals surface area contributed by atoms with E-state index in [1.807, 2.05) is 38.1 Å². The molecule has 5 nitrogen and oxygen atoms in total. The van der Waals surface area contributed by atoms with Crippen LogP contribution in [-0.2, 0) is 16.1 Å². The van der Waals surface area contributed by atoms with Crippen molar-refractivity contribution in [1.29, 1.82) is 0 Å².